The highest BCUT2D eigenvalue weighted by molar-refractivity contribution is 7.22. The van der Waals surface area contributed by atoms with Crippen LogP contribution in [0.5, 0.6) is 11.5 Å². The minimum atomic E-state index is -0.881. The SMILES string of the molecule is Cc1ccc2nc(N3C(=O)C(=O)C(=C(O)c4ccc5c(c4)C[C@@H](C)O5)[C@H]3c3cccc(OCCC(C)C)c3)sc2c1. The van der Waals surface area contributed by atoms with E-state index >= 15 is 0 Å². The second-order valence-corrected chi connectivity index (χ2v) is 12.2. The van der Waals surface area contributed by atoms with E-state index in [9.17, 15) is 14.7 Å². The fourth-order valence-electron chi connectivity index (χ4n) is 5.38. The molecule has 0 saturated carbocycles. The Morgan fingerprint density at radius 2 is 1.98 bits per heavy atom. The molecule has 7 nitrogen and oxygen atoms in total. The zero-order valence-corrected chi connectivity index (χ0v) is 24.3. The number of fused-ring (bicyclic) bond motifs is 2. The van der Waals surface area contributed by atoms with Crippen molar-refractivity contribution in [1.29, 1.82) is 0 Å². The van der Waals surface area contributed by atoms with Gasteiger partial charge in [-0.3, -0.25) is 14.5 Å². The van der Waals surface area contributed by atoms with Crippen LogP contribution in [0.15, 0.2) is 66.2 Å². The van der Waals surface area contributed by atoms with Crippen LogP contribution in [-0.2, 0) is 16.0 Å². The number of anilines is 1. The van der Waals surface area contributed by atoms with Gasteiger partial charge in [0.1, 0.15) is 23.4 Å². The lowest BCUT2D eigenvalue weighted by Crippen LogP contribution is -2.29. The Bertz CT molecular complexity index is 1710. The normalized spacial score (nSPS) is 19.7. The number of amides is 1. The Morgan fingerprint density at radius 1 is 1.15 bits per heavy atom. The lowest BCUT2D eigenvalue weighted by molar-refractivity contribution is -0.132. The summed E-state index contributed by atoms with van der Waals surface area (Å²) in [5.74, 6) is 0.199. The average Bonchev–Trinajstić information content (AvgIpc) is 3.60. The molecule has 0 spiro atoms. The fraction of sp³-hybridized carbons (Fsp3) is 0.303. The Kier molecular flexibility index (Phi) is 7.03. The van der Waals surface area contributed by atoms with Crippen LogP contribution < -0.4 is 14.4 Å². The largest absolute Gasteiger partial charge is 0.507 e. The number of nitrogens with zero attached hydrogens (tertiary/aromatic N) is 2. The highest BCUT2D eigenvalue weighted by Gasteiger charge is 2.48. The van der Waals surface area contributed by atoms with Gasteiger partial charge in [0, 0.05) is 12.0 Å². The van der Waals surface area contributed by atoms with Crippen molar-refractivity contribution in [3.63, 3.8) is 0 Å². The maximum atomic E-state index is 13.7. The van der Waals surface area contributed by atoms with Gasteiger partial charge in [-0.25, -0.2) is 4.98 Å². The van der Waals surface area contributed by atoms with E-state index in [1.165, 1.54) is 16.2 Å². The summed E-state index contributed by atoms with van der Waals surface area (Å²) in [6.45, 7) is 8.81. The Balaban J connectivity index is 1.48. The molecule has 1 fully saturated rings. The molecule has 1 amide bonds. The molecule has 0 bridgehead atoms. The minimum absolute atomic E-state index is 0.0247. The number of benzene rings is 3. The number of ketones is 1. The van der Waals surface area contributed by atoms with Crippen molar-refractivity contribution in [2.45, 2.75) is 52.7 Å². The molecule has 41 heavy (non-hydrogen) atoms. The van der Waals surface area contributed by atoms with Gasteiger partial charge in [-0.05, 0) is 85.3 Å². The molecule has 8 heteroatoms. The number of carbonyl (C=O) groups excluding carboxylic acids is 2. The molecule has 4 aromatic rings. The van der Waals surface area contributed by atoms with Crippen LogP contribution in [0.3, 0.4) is 0 Å². The summed E-state index contributed by atoms with van der Waals surface area (Å²) in [5, 5.41) is 12.0. The molecule has 1 saturated heterocycles. The number of aromatic nitrogens is 1. The van der Waals surface area contributed by atoms with Gasteiger partial charge < -0.3 is 14.6 Å². The summed E-state index contributed by atoms with van der Waals surface area (Å²) >= 11 is 1.35. The predicted octanol–water partition coefficient (Wildman–Crippen LogP) is 6.98. The van der Waals surface area contributed by atoms with Gasteiger partial charge >= 0.3 is 5.91 Å². The van der Waals surface area contributed by atoms with E-state index in [4.69, 9.17) is 14.5 Å². The first-order valence-electron chi connectivity index (χ1n) is 13.9. The monoisotopic (exact) mass is 568 g/mol. The molecule has 0 unspecified atom stereocenters. The smallest absolute Gasteiger partial charge is 0.301 e. The third-order valence-electron chi connectivity index (χ3n) is 7.49. The summed E-state index contributed by atoms with van der Waals surface area (Å²) in [6.07, 6.45) is 1.64. The van der Waals surface area contributed by atoms with Crippen LogP contribution in [0.4, 0.5) is 5.13 Å². The summed E-state index contributed by atoms with van der Waals surface area (Å²) < 4.78 is 12.8. The van der Waals surface area contributed by atoms with E-state index in [2.05, 4.69) is 13.8 Å². The zero-order chi connectivity index (χ0) is 28.8. The minimum Gasteiger partial charge on any atom is -0.507 e. The summed E-state index contributed by atoms with van der Waals surface area (Å²) in [4.78, 5) is 33.5. The van der Waals surface area contributed by atoms with E-state index < -0.39 is 17.7 Å². The number of aliphatic hydroxyl groups excluding tert-OH is 1. The van der Waals surface area contributed by atoms with Crippen molar-refractivity contribution in [2.75, 3.05) is 11.5 Å². The van der Waals surface area contributed by atoms with Gasteiger partial charge in [-0.1, -0.05) is 43.4 Å². The van der Waals surface area contributed by atoms with Crippen LogP contribution in [0.25, 0.3) is 16.0 Å². The van der Waals surface area contributed by atoms with Crippen molar-refractivity contribution in [2.24, 2.45) is 5.92 Å². The number of thiazole rings is 1. The second kappa shape index (κ2) is 10.7. The summed E-state index contributed by atoms with van der Waals surface area (Å²) in [5.41, 5.74) is 3.92. The molecule has 1 aromatic heterocycles. The average molecular weight is 569 g/mol. The molecule has 0 aliphatic carbocycles. The predicted molar refractivity (Wildman–Crippen MR) is 161 cm³/mol. The maximum Gasteiger partial charge on any atom is 0.301 e. The fourth-order valence-corrected chi connectivity index (χ4v) is 6.47. The van der Waals surface area contributed by atoms with Crippen LogP contribution >= 0.6 is 11.3 Å². The first kappa shape index (κ1) is 27.0. The second-order valence-electron chi connectivity index (χ2n) is 11.2. The Labute approximate surface area is 243 Å². The molecule has 0 radical (unpaired) electrons. The quantitative estimate of drug-likeness (QED) is 0.147. The molecule has 3 aromatic carbocycles. The van der Waals surface area contributed by atoms with E-state index in [0.717, 1.165) is 33.5 Å². The topological polar surface area (TPSA) is 89.0 Å². The van der Waals surface area contributed by atoms with E-state index in [1.807, 2.05) is 62.4 Å². The highest BCUT2D eigenvalue weighted by atomic mass is 32.1. The Morgan fingerprint density at radius 3 is 2.78 bits per heavy atom. The molecule has 1 N–H and O–H groups in total. The summed E-state index contributed by atoms with van der Waals surface area (Å²) in [7, 11) is 0. The molecule has 6 rings (SSSR count). The molecular weight excluding hydrogens is 536 g/mol. The van der Waals surface area contributed by atoms with E-state index in [1.54, 1.807) is 12.1 Å². The van der Waals surface area contributed by atoms with Gasteiger partial charge in [-0.2, -0.15) is 0 Å². The van der Waals surface area contributed by atoms with E-state index in [0.29, 0.717) is 41.0 Å². The van der Waals surface area contributed by atoms with Crippen LogP contribution in [-0.4, -0.2) is 34.5 Å². The first-order valence-corrected chi connectivity index (χ1v) is 14.7. The first-order chi connectivity index (χ1) is 19.7. The van der Waals surface area contributed by atoms with Gasteiger partial charge in [0.25, 0.3) is 5.78 Å². The lowest BCUT2D eigenvalue weighted by atomic mass is 9.94. The molecule has 210 valence electrons. The number of ether oxygens (including phenoxy) is 2. The van der Waals surface area contributed by atoms with Crippen molar-refractivity contribution in [3.05, 3.63) is 88.5 Å². The van der Waals surface area contributed by atoms with Gasteiger partial charge in [0.05, 0.1) is 28.4 Å². The number of hydrogen-bond donors (Lipinski definition) is 1. The standard InChI is InChI=1S/C33H32N2O5S/c1-18(2)12-13-39-24-7-5-6-21(17-24)29-28(30(36)22-9-11-26-23(16-22)15-20(4)40-26)31(37)32(38)35(29)33-34-25-10-8-19(3)14-27(25)41-33/h5-11,14,16-18,20,29,36H,12-13,15H2,1-4H3/t20-,29-/m1/s1. The van der Waals surface area contributed by atoms with Crippen LogP contribution in [0, 0.1) is 12.8 Å². The molecule has 3 heterocycles. The van der Waals surface area contributed by atoms with Gasteiger partial charge in [-0.15, -0.1) is 0 Å². The van der Waals surface area contributed by atoms with Crippen molar-refractivity contribution in [1.82, 2.24) is 4.98 Å². The molecule has 2 atom stereocenters. The lowest BCUT2D eigenvalue weighted by Gasteiger charge is -2.23. The number of rotatable bonds is 7. The third-order valence-corrected chi connectivity index (χ3v) is 8.51. The number of hydrogen-bond acceptors (Lipinski definition) is 7. The maximum absolute atomic E-state index is 13.7. The molecular formula is C33H32N2O5S. The van der Waals surface area contributed by atoms with Crippen LogP contribution in [0.2, 0.25) is 0 Å². The van der Waals surface area contributed by atoms with Gasteiger partial charge in [0.2, 0.25) is 0 Å². The zero-order valence-electron chi connectivity index (χ0n) is 23.5. The third kappa shape index (κ3) is 5.08. The van der Waals surface area contributed by atoms with Crippen molar-refractivity contribution in [3.8, 4) is 11.5 Å². The van der Waals surface area contributed by atoms with Gasteiger partial charge in [0.15, 0.2) is 5.13 Å². The number of aliphatic hydroxyl groups is 1. The number of carbonyl (C=O) groups is 2. The highest BCUT2D eigenvalue weighted by Crippen LogP contribution is 2.45. The van der Waals surface area contributed by atoms with Crippen LogP contribution in [0.1, 0.15) is 55.5 Å². The van der Waals surface area contributed by atoms with Crippen molar-refractivity contribution < 1.29 is 24.2 Å². The van der Waals surface area contributed by atoms with Crippen molar-refractivity contribution >= 4 is 44.1 Å². The number of aryl methyl sites for hydroxylation is 1. The summed E-state index contributed by atoms with van der Waals surface area (Å²) in [6, 6.07) is 17.8. The number of Topliss-reactive ketones (excluding diaryl/α,β-unsaturated/α-hetero) is 1. The Hall–Kier alpha value is -4.17. The molecule has 2 aliphatic heterocycles. The van der Waals surface area contributed by atoms with E-state index in [-0.39, 0.29) is 17.4 Å². The molecule has 2 aliphatic rings.